The van der Waals surface area contributed by atoms with Gasteiger partial charge in [-0.25, -0.2) is 0 Å². The van der Waals surface area contributed by atoms with Crippen LogP contribution in [0.4, 0.5) is 0 Å². The largest absolute Gasteiger partial charge is 0.460 e. The summed E-state index contributed by atoms with van der Waals surface area (Å²) in [5.41, 5.74) is 0.306. The third-order valence-electron chi connectivity index (χ3n) is 3.28. The molecule has 0 aromatic rings. The fourth-order valence-corrected chi connectivity index (χ4v) is 2.22. The molecule has 1 fully saturated rings. The van der Waals surface area contributed by atoms with Crippen molar-refractivity contribution in [1.82, 2.24) is 0 Å². The molecule has 0 aromatic heterocycles. The van der Waals surface area contributed by atoms with Gasteiger partial charge in [-0.1, -0.05) is 25.1 Å². The van der Waals surface area contributed by atoms with Gasteiger partial charge in [-0.3, -0.25) is 4.79 Å². The first-order valence-corrected chi connectivity index (χ1v) is 6.18. The topological polar surface area (TPSA) is 58.9 Å². The Hall–Kier alpha value is -1.32. The number of hydrogen-bond acceptors (Lipinski definition) is 4. The Balaban J connectivity index is 2.75. The molecule has 2 atom stereocenters. The summed E-state index contributed by atoms with van der Waals surface area (Å²) < 4.78 is 5.42. The lowest BCUT2D eigenvalue weighted by Crippen LogP contribution is -2.26. The van der Waals surface area contributed by atoms with E-state index in [2.05, 4.69) is 5.16 Å². The van der Waals surface area contributed by atoms with Crippen LogP contribution in [0.2, 0.25) is 0 Å². The van der Waals surface area contributed by atoms with E-state index in [1.807, 2.05) is 47.6 Å². The van der Waals surface area contributed by atoms with Gasteiger partial charge in [-0.2, -0.15) is 0 Å². The van der Waals surface area contributed by atoms with E-state index in [0.717, 1.165) is 5.57 Å². The smallest absolute Gasteiger partial charge is 0.310 e. The number of carbonyl (C=O) groups excluding carboxylic acids is 1. The standard InChI is InChI=1S/C14H23NO3/c1-9(8-15-17)7-10-11(14(10,5)6)12(16)18-13(2,3)4/h7-8,10-11,17H,1-6H3/b9-7?,15-8+. The lowest BCUT2D eigenvalue weighted by atomic mass is 10.1. The molecule has 0 saturated heterocycles. The fourth-order valence-electron chi connectivity index (χ4n) is 2.22. The van der Waals surface area contributed by atoms with Gasteiger partial charge in [0.2, 0.25) is 0 Å². The summed E-state index contributed by atoms with van der Waals surface area (Å²) in [6, 6.07) is 0. The SMILES string of the molecule is CC(=CC1C(C(=O)OC(C)(C)C)C1(C)C)/C=N/O. The van der Waals surface area contributed by atoms with E-state index in [1.54, 1.807) is 0 Å². The van der Waals surface area contributed by atoms with Crippen LogP contribution in [0.3, 0.4) is 0 Å². The molecule has 0 spiro atoms. The molecule has 2 unspecified atom stereocenters. The minimum Gasteiger partial charge on any atom is -0.460 e. The van der Waals surface area contributed by atoms with Gasteiger partial charge in [0.15, 0.2) is 0 Å². The van der Waals surface area contributed by atoms with Gasteiger partial charge in [0.05, 0.1) is 12.1 Å². The Kier molecular flexibility index (Phi) is 3.89. The Morgan fingerprint density at radius 3 is 2.39 bits per heavy atom. The summed E-state index contributed by atoms with van der Waals surface area (Å²) in [4.78, 5) is 12.1. The quantitative estimate of drug-likeness (QED) is 0.364. The molecule has 1 rings (SSSR count). The Morgan fingerprint density at radius 2 is 1.94 bits per heavy atom. The molecule has 1 N–H and O–H groups in total. The van der Waals surface area contributed by atoms with E-state index < -0.39 is 5.60 Å². The summed E-state index contributed by atoms with van der Waals surface area (Å²) in [7, 11) is 0. The van der Waals surface area contributed by atoms with Crippen molar-refractivity contribution in [3.05, 3.63) is 11.6 Å². The minimum absolute atomic E-state index is 0.0904. The van der Waals surface area contributed by atoms with Crippen molar-refractivity contribution in [2.24, 2.45) is 22.4 Å². The molecule has 0 aromatic carbocycles. The molecule has 102 valence electrons. The molecule has 0 radical (unpaired) electrons. The Morgan fingerprint density at radius 1 is 1.39 bits per heavy atom. The van der Waals surface area contributed by atoms with E-state index in [0.29, 0.717) is 0 Å². The van der Waals surface area contributed by atoms with Gasteiger partial charge >= 0.3 is 5.97 Å². The highest BCUT2D eigenvalue weighted by Gasteiger charge is 2.61. The van der Waals surface area contributed by atoms with E-state index in [4.69, 9.17) is 9.94 Å². The number of oxime groups is 1. The lowest BCUT2D eigenvalue weighted by Gasteiger charge is -2.19. The van der Waals surface area contributed by atoms with Crippen LogP contribution in [0.1, 0.15) is 41.5 Å². The number of carbonyl (C=O) groups is 1. The first kappa shape index (κ1) is 14.7. The van der Waals surface area contributed by atoms with Crippen LogP contribution in [-0.2, 0) is 9.53 Å². The zero-order valence-corrected chi connectivity index (χ0v) is 12.0. The third kappa shape index (κ3) is 3.34. The van der Waals surface area contributed by atoms with Crippen molar-refractivity contribution in [1.29, 1.82) is 0 Å². The first-order chi connectivity index (χ1) is 8.09. The second-order valence-electron chi connectivity index (χ2n) is 6.51. The van der Waals surface area contributed by atoms with Gasteiger partial charge < -0.3 is 9.94 Å². The van der Waals surface area contributed by atoms with Gasteiger partial charge in [0.25, 0.3) is 0 Å². The summed E-state index contributed by atoms with van der Waals surface area (Å²) in [6.45, 7) is 11.6. The molecule has 1 aliphatic rings. The highest BCUT2D eigenvalue weighted by atomic mass is 16.6. The zero-order chi connectivity index (χ0) is 14.1. The molecule has 18 heavy (non-hydrogen) atoms. The summed E-state index contributed by atoms with van der Waals surface area (Å²) in [5.74, 6) is -0.119. The summed E-state index contributed by atoms with van der Waals surface area (Å²) in [5, 5.41) is 11.4. The molecule has 0 aliphatic heterocycles. The molecular weight excluding hydrogens is 230 g/mol. The van der Waals surface area contributed by atoms with Crippen LogP contribution >= 0.6 is 0 Å². The van der Waals surface area contributed by atoms with Crippen molar-refractivity contribution >= 4 is 12.2 Å². The van der Waals surface area contributed by atoms with Crippen LogP contribution in [0.15, 0.2) is 16.8 Å². The van der Waals surface area contributed by atoms with Gasteiger partial charge in [-0.15, -0.1) is 0 Å². The van der Waals surface area contributed by atoms with Crippen molar-refractivity contribution in [3.8, 4) is 0 Å². The predicted octanol–water partition coefficient (Wildman–Crippen LogP) is 3.01. The van der Waals surface area contributed by atoms with Crippen molar-refractivity contribution in [2.45, 2.75) is 47.1 Å². The van der Waals surface area contributed by atoms with E-state index in [1.165, 1.54) is 6.21 Å². The van der Waals surface area contributed by atoms with Crippen molar-refractivity contribution in [3.63, 3.8) is 0 Å². The maximum atomic E-state index is 12.1. The van der Waals surface area contributed by atoms with E-state index in [9.17, 15) is 4.79 Å². The Bertz CT molecular complexity index is 388. The lowest BCUT2D eigenvalue weighted by molar-refractivity contribution is -0.157. The molecule has 4 heteroatoms. The predicted molar refractivity (Wildman–Crippen MR) is 70.6 cm³/mol. The van der Waals surface area contributed by atoms with Crippen LogP contribution < -0.4 is 0 Å². The molecular formula is C14H23NO3. The molecule has 0 bridgehead atoms. The molecule has 0 heterocycles. The van der Waals surface area contributed by atoms with Crippen molar-refractivity contribution in [2.75, 3.05) is 0 Å². The van der Waals surface area contributed by atoms with Crippen LogP contribution in [0, 0.1) is 17.3 Å². The van der Waals surface area contributed by atoms with Gasteiger partial charge in [0, 0.05) is 0 Å². The second kappa shape index (κ2) is 4.75. The van der Waals surface area contributed by atoms with E-state index in [-0.39, 0.29) is 23.2 Å². The average Bonchev–Trinajstić information content (AvgIpc) is 2.65. The fraction of sp³-hybridized carbons (Fsp3) is 0.714. The minimum atomic E-state index is -0.453. The number of rotatable bonds is 3. The summed E-state index contributed by atoms with van der Waals surface area (Å²) in [6.07, 6.45) is 3.34. The molecule has 1 aliphatic carbocycles. The third-order valence-corrected chi connectivity index (χ3v) is 3.28. The maximum absolute atomic E-state index is 12.1. The highest BCUT2D eigenvalue weighted by molar-refractivity contribution is 5.81. The number of esters is 1. The van der Waals surface area contributed by atoms with Gasteiger partial charge in [-0.05, 0) is 44.6 Å². The number of allylic oxidation sites excluding steroid dienone is 2. The molecule has 4 nitrogen and oxygen atoms in total. The van der Waals surface area contributed by atoms with Crippen LogP contribution in [-0.4, -0.2) is 23.0 Å². The molecule has 1 saturated carbocycles. The highest BCUT2D eigenvalue weighted by Crippen LogP contribution is 2.60. The maximum Gasteiger partial charge on any atom is 0.310 e. The second-order valence-corrected chi connectivity index (χ2v) is 6.51. The number of ether oxygens (including phenoxy) is 1. The monoisotopic (exact) mass is 253 g/mol. The van der Waals surface area contributed by atoms with E-state index >= 15 is 0 Å². The van der Waals surface area contributed by atoms with Crippen LogP contribution in [0.25, 0.3) is 0 Å². The number of nitrogens with zero attached hydrogens (tertiary/aromatic N) is 1. The van der Waals surface area contributed by atoms with Crippen LogP contribution in [0.5, 0.6) is 0 Å². The van der Waals surface area contributed by atoms with Crippen molar-refractivity contribution < 1.29 is 14.7 Å². The first-order valence-electron chi connectivity index (χ1n) is 6.18. The Labute approximate surface area is 109 Å². The summed E-state index contributed by atoms with van der Waals surface area (Å²) >= 11 is 0. The number of hydrogen-bond donors (Lipinski definition) is 1. The van der Waals surface area contributed by atoms with Gasteiger partial charge in [0.1, 0.15) is 5.60 Å². The average molecular weight is 253 g/mol. The zero-order valence-electron chi connectivity index (χ0n) is 12.0. The normalized spacial score (nSPS) is 27.3. The molecule has 0 amide bonds.